The van der Waals surface area contributed by atoms with Crippen molar-refractivity contribution in [3.8, 4) is 11.5 Å². The molecular formula is C30H24FNO4S. The third-order valence-corrected chi connectivity index (χ3v) is 6.81. The van der Waals surface area contributed by atoms with E-state index in [1.165, 1.54) is 17.5 Å². The molecule has 1 aliphatic heterocycles. The van der Waals surface area contributed by atoms with Gasteiger partial charge in [0, 0.05) is 0 Å². The Kier molecular flexibility index (Phi) is 7.23. The first kappa shape index (κ1) is 24.6. The average Bonchev–Trinajstić information content (AvgIpc) is 3.16. The first-order chi connectivity index (χ1) is 18.0. The Labute approximate surface area is 218 Å². The average molecular weight is 514 g/mol. The van der Waals surface area contributed by atoms with Gasteiger partial charge in [0.05, 0.1) is 18.1 Å². The molecule has 1 saturated heterocycles. The maximum absolute atomic E-state index is 13.2. The molecule has 1 fully saturated rings. The fourth-order valence-electron chi connectivity index (χ4n) is 4.05. The minimum atomic E-state index is -0.381. The van der Waals surface area contributed by atoms with Gasteiger partial charge in [0.15, 0.2) is 11.5 Å². The van der Waals surface area contributed by atoms with Crippen LogP contribution in [0.4, 0.5) is 9.18 Å². The number of nitrogens with zero attached hydrogens (tertiary/aromatic N) is 1. The van der Waals surface area contributed by atoms with Crippen LogP contribution in [0.3, 0.4) is 0 Å². The molecule has 0 radical (unpaired) electrons. The molecule has 0 saturated carbocycles. The SMILES string of the molecule is CCOc1cc(/C=C2\SC(=O)N(Cc3ccc(F)cc3)C2=O)ccc1OCc1ccc2ccccc2c1. The van der Waals surface area contributed by atoms with E-state index in [0.29, 0.717) is 40.7 Å². The molecule has 1 heterocycles. The van der Waals surface area contributed by atoms with Crippen molar-refractivity contribution in [2.45, 2.75) is 20.1 Å². The van der Waals surface area contributed by atoms with E-state index in [-0.39, 0.29) is 23.5 Å². The Morgan fingerprint density at radius 2 is 1.59 bits per heavy atom. The number of ether oxygens (including phenoxy) is 2. The second-order valence-corrected chi connectivity index (χ2v) is 9.50. The number of carbonyl (C=O) groups is 2. The Hall–Kier alpha value is -4.10. The molecule has 2 amide bonds. The summed E-state index contributed by atoms with van der Waals surface area (Å²) in [7, 11) is 0. The maximum Gasteiger partial charge on any atom is 0.293 e. The fraction of sp³-hybridized carbons (Fsp3) is 0.133. The zero-order valence-electron chi connectivity index (χ0n) is 20.1. The number of thioether (sulfide) groups is 1. The Morgan fingerprint density at radius 3 is 2.38 bits per heavy atom. The lowest BCUT2D eigenvalue weighted by Gasteiger charge is -2.13. The van der Waals surface area contributed by atoms with E-state index in [9.17, 15) is 14.0 Å². The summed E-state index contributed by atoms with van der Waals surface area (Å²) in [6, 6.07) is 25.6. The first-order valence-electron chi connectivity index (χ1n) is 11.9. The molecular weight excluding hydrogens is 489 g/mol. The third-order valence-electron chi connectivity index (χ3n) is 5.90. The minimum Gasteiger partial charge on any atom is -0.490 e. The summed E-state index contributed by atoms with van der Waals surface area (Å²) < 4.78 is 25.1. The van der Waals surface area contributed by atoms with Crippen molar-refractivity contribution < 1.29 is 23.5 Å². The molecule has 5 nitrogen and oxygen atoms in total. The lowest BCUT2D eigenvalue weighted by Crippen LogP contribution is -2.27. The molecule has 5 rings (SSSR count). The predicted molar refractivity (Wildman–Crippen MR) is 144 cm³/mol. The molecule has 0 unspecified atom stereocenters. The molecule has 0 bridgehead atoms. The van der Waals surface area contributed by atoms with Gasteiger partial charge in [-0.2, -0.15) is 0 Å². The van der Waals surface area contributed by atoms with Gasteiger partial charge in [-0.25, -0.2) is 4.39 Å². The van der Waals surface area contributed by atoms with Gasteiger partial charge in [0.1, 0.15) is 12.4 Å². The summed E-state index contributed by atoms with van der Waals surface area (Å²) in [6.07, 6.45) is 1.67. The van der Waals surface area contributed by atoms with Crippen LogP contribution in [0.15, 0.2) is 89.8 Å². The normalized spacial score (nSPS) is 14.5. The third kappa shape index (κ3) is 5.67. The summed E-state index contributed by atoms with van der Waals surface area (Å²) in [5.41, 5.74) is 2.44. The Bertz CT molecular complexity index is 1500. The molecule has 4 aromatic carbocycles. The van der Waals surface area contributed by atoms with Gasteiger partial charge in [0.2, 0.25) is 0 Å². The highest BCUT2D eigenvalue weighted by Gasteiger charge is 2.35. The molecule has 0 aromatic heterocycles. The van der Waals surface area contributed by atoms with E-state index >= 15 is 0 Å². The highest BCUT2D eigenvalue weighted by molar-refractivity contribution is 8.18. The van der Waals surface area contributed by atoms with E-state index < -0.39 is 0 Å². The molecule has 37 heavy (non-hydrogen) atoms. The first-order valence-corrected chi connectivity index (χ1v) is 12.7. The predicted octanol–water partition coefficient (Wildman–Crippen LogP) is 7.19. The van der Waals surface area contributed by atoms with E-state index in [2.05, 4.69) is 24.3 Å². The largest absolute Gasteiger partial charge is 0.490 e. The minimum absolute atomic E-state index is 0.0913. The van der Waals surface area contributed by atoms with Gasteiger partial charge in [-0.05, 0) is 82.6 Å². The summed E-state index contributed by atoms with van der Waals surface area (Å²) in [6.45, 7) is 2.81. The van der Waals surface area contributed by atoms with Crippen molar-refractivity contribution in [2.75, 3.05) is 6.61 Å². The number of benzene rings is 4. The summed E-state index contributed by atoms with van der Waals surface area (Å²) in [5.74, 6) is 0.403. The second kappa shape index (κ2) is 10.9. The number of carbonyl (C=O) groups excluding carboxylic acids is 2. The van der Waals surface area contributed by atoms with Crippen LogP contribution in [-0.2, 0) is 17.9 Å². The monoisotopic (exact) mass is 513 g/mol. The van der Waals surface area contributed by atoms with Gasteiger partial charge in [0.25, 0.3) is 11.1 Å². The van der Waals surface area contributed by atoms with Crippen molar-refractivity contribution in [1.29, 1.82) is 0 Å². The van der Waals surface area contributed by atoms with Crippen molar-refractivity contribution >= 4 is 39.8 Å². The lowest BCUT2D eigenvalue weighted by molar-refractivity contribution is -0.123. The highest BCUT2D eigenvalue weighted by atomic mass is 32.2. The molecule has 0 N–H and O–H groups in total. The number of hydrogen-bond acceptors (Lipinski definition) is 5. The number of imide groups is 1. The second-order valence-electron chi connectivity index (χ2n) is 8.50. The summed E-state index contributed by atoms with van der Waals surface area (Å²) in [5, 5.41) is 1.96. The summed E-state index contributed by atoms with van der Waals surface area (Å²) in [4.78, 5) is 26.9. The van der Waals surface area contributed by atoms with Gasteiger partial charge in [-0.1, -0.05) is 54.6 Å². The van der Waals surface area contributed by atoms with Crippen LogP contribution < -0.4 is 9.47 Å². The van der Waals surface area contributed by atoms with E-state index in [4.69, 9.17) is 9.47 Å². The van der Waals surface area contributed by atoms with Crippen LogP contribution in [0, 0.1) is 5.82 Å². The molecule has 1 aliphatic rings. The smallest absolute Gasteiger partial charge is 0.293 e. The quantitative estimate of drug-likeness (QED) is 0.233. The zero-order valence-corrected chi connectivity index (χ0v) is 21.0. The number of amides is 2. The topological polar surface area (TPSA) is 55.8 Å². The van der Waals surface area contributed by atoms with Crippen molar-refractivity contribution in [3.63, 3.8) is 0 Å². The van der Waals surface area contributed by atoms with Crippen molar-refractivity contribution in [2.24, 2.45) is 0 Å². The van der Waals surface area contributed by atoms with Gasteiger partial charge < -0.3 is 9.47 Å². The van der Waals surface area contributed by atoms with Crippen LogP contribution in [-0.4, -0.2) is 22.7 Å². The Morgan fingerprint density at radius 1 is 0.838 bits per heavy atom. The molecule has 0 aliphatic carbocycles. The van der Waals surface area contributed by atoms with E-state index in [1.54, 1.807) is 30.3 Å². The highest BCUT2D eigenvalue weighted by Crippen LogP contribution is 2.35. The van der Waals surface area contributed by atoms with E-state index in [1.807, 2.05) is 31.2 Å². The van der Waals surface area contributed by atoms with Crippen LogP contribution in [0.1, 0.15) is 23.6 Å². The van der Waals surface area contributed by atoms with Crippen LogP contribution >= 0.6 is 11.8 Å². The number of fused-ring (bicyclic) bond motifs is 1. The van der Waals surface area contributed by atoms with Crippen LogP contribution in [0.5, 0.6) is 11.5 Å². The molecule has 186 valence electrons. The van der Waals surface area contributed by atoms with Crippen LogP contribution in [0.25, 0.3) is 16.8 Å². The lowest BCUT2D eigenvalue weighted by atomic mass is 10.1. The van der Waals surface area contributed by atoms with Crippen LogP contribution in [0.2, 0.25) is 0 Å². The molecule has 4 aromatic rings. The van der Waals surface area contributed by atoms with E-state index in [0.717, 1.165) is 27.6 Å². The molecule has 7 heteroatoms. The fourth-order valence-corrected chi connectivity index (χ4v) is 4.89. The summed E-state index contributed by atoms with van der Waals surface area (Å²) >= 11 is 0.883. The standard InChI is InChI=1S/C30H24FNO4S/c1-2-35-27-16-21(10-14-26(27)36-19-22-7-11-23-5-3-4-6-24(23)15-22)17-28-29(33)32(30(34)37-28)18-20-8-12-25(31)13-9-20/h3-17H,2,18-19H2,1H3/b28-17-. The number of rotatable bonds is 8. The molecule has 0 atom stereocenters. The number of halogens is 1. The van der Waals surface area contributed by atoms with Crippen molar-refractivity contribution in [3.05, 3.63) is 112 Å². The van der Waals surface area contributed by atoms with Gasteiger partial charge in [-0.3, -0.25) is 14.5 Å². The van der Waals surface area contributed by atoms with Gasteiger partial charge in [-0.15, -0.1) is 0 Å². The zero-order chi connectivity index (χ0) is 25.8. The van der Waals surface area contributed by atoms with Crippen molar-refractivity contribution in [1.82, 2.24) is 4.90 Å². The van der Waals surface area contributed by atoms with Gasteiger partial charge >= 0.3 is 0 Å². The molecule has 0 spiro atoms. The Balaban J connectivity index is 1.31. The maximum atomic E-state index is 13.2. The number of hydrogen-bond donors (Lipinski definition) is 0.